The summed E-state index contributed by atoms with van der Waals surface area (Å²) in [7, 11) is 1.32. The number of carbonyl (C=O) groups excluding carboxylic acids is 1. The van der Waals surface area contributed by atoms with Crippen molar-refractivity contribution in [2.75, 3.05) is 19.4 Å². The van der Waals surface area contributed by atoms with E-state index in [1.807, 2.05) is 49.0 Å². The lowest BCUT2D eigenvalue weighted by Gasteiger charge is -2.10. The van der Waals surface area contributed by atoms with E-state index in [4.69, 9.17) is 0 Å². The number of nitrogens with one attached hydrogen (secondary N) is 1. The van der Waals surface area contributed by atoms with Gasteiger partial charge in [0.25, 0.3) is 0 Å². The monoisotopic (exact) mass is 480 g/mol. The second kappa shape index (κ2) is 9.40. The Morgan fingerprint density at radius 1 is 1.12 bits per heavy atom. The van der Waals surface area contributed by atoms with Crippen LogP contribution in [-0.2, 0) is 34.8 Å². The molecule has 0 spiro atoms. The molecular weight excluding hydrogens is 452 g/mol. The molecule has 0 fully saturated rings. The number of sulfonamides is 1. The number of imidazole rings is 2. The maximum atomic E-state index is 12.5. The second-order valence-corrected chi connectivity index (χ2v) is 10.5. The number of amides is 1. The lowest BCUT2D eigenvalue weighted by atomic mass is 10.2. The number of hydrogen-bond donors (Lipinski definition) is 1. The molecule has 0 radical (unpaired) electrons. The zero-order valence-electron chi connectivity index (χ0n) is 19.7. The zero-order chi connectivity index (χ0) is 24.5. The maximum absolute atomic E-state index is 12.5. The van der Waals surface area contributed by atoms with Crippen LogP contribution < -0.4 is 5.32 Å². The summed E-state index contributed by atoms with van der Waals surface area (Å²) in [5, 5.41) is 2.92. The highest BCUT2D eigenvalue weighted by atomic mass is 32.2. The van der Waals surface area contributed by atoms with Crippen molar-refractivity contribution in [1.29, 1.82) is 0 Å². The normalized spacial score (nSPS) is 11.9. The number of carbonyl (C=O) groups is 1. The Balaban J connectivity index is 1.39. The van der Waals surface area contributed by atoms with Gasteiger partial charge >= 0.3 is 0 Å². The van der Waals surface area contributed by atoms with Crippen molar-refractivity contribution in [3.63, 3.8) is 0 Å². The summed E-state index contributed by atoms with van der Waals surface area (Å²) in [4.78, 5) is 21.5. The zero-order valence-corrected chi connectivity index (χ0v) is 20.5. The summed E-state index contributed by atoms with van der Waals surface area (Å²) in [5.41, 5.74) is 3.26. The van der Waals surface area contributed by atoms with Crippen LogP contribution >= 0.6 is 0 Å². The van der Waals surface area contributed by atoms with E-state index in [9.17, 15) is 13.2 Å². The van der Waals surface area contributed by atoms with Gasteiger partial charge in [0.1, 0.15) is 11.6 Å². The summed E-state index contributed by atoms with van der Waals surface area (Å²) in [6.07, 6.45) is 4.41. The molecular formula is C24H28N6O3S. The highest BCUT2D eigenvalue weighted by Crippen LogP contribution is 2.22. The molecule has 0 saturated heterocycles. The Morgan fingerprint density at radius 2 is 1.85 bits per heavy atom. The molecule has 1 amide bonds. The molecule has 2 heterocycles. The van der Waals surface area contributed by atoms with E-state index in [0.717, 1.165) is 35.0 Å². The maximum Gasteiger partial charge on any atom is 0.242 e. The van der Waals surface area contributed by atoms with Gasteiger partial charge in [0.05, 0.1) is 15.9 Å². The van der Waals surface area contributed by atoms with Crippen LogP contribution in [0.25, 0.3) is 11.0 Å². The predicted molar refractivity (Wildman–Crippen MR) is 131 cm³/mol. The third-order valence-electron chi connectivity index (χ3n) is 5.81. The molecule has 4 aromatic rings. The average Bonchev–Trinajstić information content (AvgIpc) is 3.35. The molecule has 2 aromatic heterocycles. The molecule has 9 nitrogen and oxygen atoms in total. The minimum absolute atomic E-state index is 0.110. The van der Waals surface area contributed by atoms with Gasteiger partial charge in [-0.15, -0.1) is 0 Å². The SMILES string of the molecule is Cc1nccn1Cc1ccc(NC(=O)CCc2nc3cc(S(=O)(=O)N(C)C)ccc3n2C)cc1. The van der Waals surface area contributed by atoms with Crippen LogP contribution in [0.15, 0.2) is 59.8 Å². The molecule has 178 valence electrons. The summed E-state index contributed by atoms with van der Waals surface area (Å²) in [6, 6.07) is 12.6. The van der Waals surface area contributed by atoms with Crippen LogP contribution in [0.3, 0.4) is 0 Å². The van der Waals surface area contributed by atoms with E-state index in [1.165, 1.54) is 18.4 Å². The largest absolute Gasteiger partial charge is 0.331 e. The quantitative estimate of drug-likeness (QED) is 0.418. The lowest BCUT2D eigenvalue weighted by Crippen LogP contribution is -2.22. The topological polar surface area (TPSA) is 102 Å². The standard InChI is InChI=1S/C24H28N6O3S/c1-17-25-13-14-30(17)16-18-5-7-19(8-6-18)26-24(31)12-11-23-27-21-15-20(34(32,33)28(2)3)9-10-22(21)29(23)4/h5-10,13-15H,11-12,16H2,1-4H3,(H,26,31). The Hall–Kier alpha value is -3.50. The summed E-state index contributed by atoms with van der Waals surface area (Å²) in [6.45, 7) is 2.69. The minimum Gasteiger partial charge on any atom is -0.331 e. The average molecular weight is 481 g/mol. The first-order chi connectivity index (χ1) is 16.1. The molecule has 0 aliphatic carbocycles. The fraction of sp³-hybridized carbons (Fsp3) is 0.292. The van der Waals surface area contributed by atoms with Crippen molar-refractivity contribution in [1.82, 2.24) is 23.4 Å². The molecule has 0 bridgehead atoms. The van der Waals surface area contributed by atoms with Crippen molar-refractivity contribution in [3.05, 3.63) is 72.1 Å². The smallest absolute Gasteiger partial charge is 0.242 e. The van der Waals surface area contributed by atoms with E-state index in [2.05, 4.69) is 19.9 Å². The fourth-order valence-electron chi connectivity index (χ4n) is 3.73. The Labute approximate surface area is 199 Å². The van der Waals surface area contributed by atoms with E-state index in [1.54, 1.807) is 24.4 Å². The van der Waals surface area contributed by atoms with Crippen molar-refractivity contribution in [2.45, 2.75) is 31.2 Å². The highest BCUT2D eigenvalue weighted by molar-refractivity contribution is 7.89. The molecule has 0 unspecified atom stereocenters. The molecule has 0 aliphatic rings. The number of fused-ring (bicyclic) bond motifs is 1. The molecule has 0 saturated carbocycles. The number of aryl methyl sites for hydroxylation is 3. The van der Waals surface area contributed by atoms with Crippen molar-refractivity contribution in [3.8, 4) is 0 Å². The third-order valence-corrected chi connectivity index (χ3v) is 7.62. The van der Waals surface area contributed by atoms with Gasteiger partial charge in [-0.1, -0.05) is 12.1 Å². The first-order valence-electron chi connectivity index (χ1n) is 10.9. The van der Waals surface area contributed by atoms with Crippen molar-refractivity contribution < 1.29 is 13.2 Å². The van der Waals surface area contributed by atoms with E-state index in [0.29, 0.717) is 11.9 Å². The van der Waals surface area contributed by atoms with Gasteiger partial charge < -0.3 is 14.5 Å². The van der Waals surface area contributed by atoms with Crippen LogP contribution in [0.4, 0.5) is 5.69 Å². The third kappa shape index (κ3) is 4.87. The predicted octanol–water partition coefficient (Wildman–Crippen LogP) is 2.95. The molecule has 1 N–H and O–H groups in total. The van der Waals surface area contributed by atoms with Crippen molar-refractivity contribution >= 4 is 32.7 Å². The van der Waals surface area contributed by atoms with E-state index < -0.39 is 10.0 Å². The number of nitrogens with zero attached hydrogens (tertiary/aromatic N) is 5. The van der Waals surface area contributed by atoms with Gasteiger partial charge in [-0.25, -0.2) is 22.7 Å². The Kier molecular flexibility index (Phi) is 6.54. The molecule has 2 aromatic carbocycles. The van der Waals surface area contributed by atoms with E-state index >= 15 is 0 Å². The van der Waals surface area contributed by atoms with Gasteiger partial charge in [0.2, 0.25) is 15.9 Å². The summed E-state index contributed by atoms with van der Waals surface area (Å²) < 4.78 is 29.9. The summed E-state index contributed by atoms with van der Waals surface area (Å²) >= 11 is 0. The van der Waals surface area contributed by atoms with Crippen LogP contribution in [0.2, 0.25) is 0 Å². The van der Waals surface area contributed by atoms with Crippen LogP contribution in [0.5, 0.6) is 0 Å². The van der Waals surface area contributed by atoms with Gasteiger partial charge in [0.15, 0.2) is 0 Å². The van der Waals surface area contributed by atoms with Crippen LogP contribution in [-0.4, -0.2) is 51.8 Å². The molecule has 10 heteroatoms. The Morgan fingerprint density at radius 3 is 2.50 bits per heavy atom. The minimum atomic E-state index is -3.54. The number of benzene rings is 2. The first-order valence-corrected chi connectivity index (χ1v) is 12.3. The number of hydrogen-bond acceptors (Lipinski definition) is 5. The summed E-state index contributed by atoms with van der Waals surface area (Å²) in [5.74, 6) is 1.56. The van der Waals surface area contributed by atoms with Gasteiger partial charge in [-0.2, -0.15) is 0 Å². The lowest BCUT2D eigenvalue weighted by molar-refractivity contribution is -0.116. The van der Waals surface area contributed by atoms with Gasteiger partial charge in [-0.3, -0.25) is 4.79 Å². The number of anilines is 1. The first kappa shape index (κ1) is 23.7. The van der Waals surface area contributed by atoms with Gasteiger partial charge in [0, 0.05) is 58.6 Å². The Bertz CT molecular complexity index is 1440. The van der Waals surface area contributed by atoms with Crippen LogP contribution in [0, 0.1) is 6.92 Å². The number of aromatic nitrogens is 4. The highest BCUT2D eigenvalue weighted by Gasteiger charge is 2.19. The number of rotatable bonds is 8. The van der Waals surface area contributed by atoms with E-state index in [-0.39, 0.29) is 17.2 Å². The van der Waals surface area contributed by atoms with Crippen LogP contribution in [0.1, 0.15) is 23.6 Å². The molecule has 4 rings (SSSR count). The van der Waals surface area contributed by atoms with Gasteiger partial charge in [-0.05, 0) is 42.8 Å². The second-order valence-electron chi connectivity index (χ2n) is 8.37. The van der Waals surface area contributed by atoms with Crippen molar-refractivity contribution in [2.24, 2.45) is 7.05 Å². The fourth-order valence-corrected chi connectivity index (χ4v) is 4.66. The molecule has 34 heavy (non-hydrogen) atoms. The molecule has 0 aliphatic heterocycles. The molecule has 0 atom stereocenters.